The standard InChI is InChI=1S/C13H16N2O4/c1-8(16)14-11-5-3-4-10(6-11)12(7-13(18)19)15-9(2)17/h3-6,12H,7H2,1-2H3,(H,14,16)(H,15,17)(H,18,19). The molecule has 0 aliphatic heterocycles. The Morgan fingerprint density at radius 1 is 1.21 bits per heavy atom. The van der Waals surface area contributed by atoms with Crippen LogP contribution in [0.4, 0.5) is 5.69 Å². The maximum absolute atomic E-state index is 11.1. The Hall–Kier alpha value is -2.37. The first-order valence-corrected chi connectivity index (χ1v) is 5.75. The van der Waals surface area contributed by atoms with E-state index in [9.17, 15) is 14.4 Å². The fourth-order valence-corrected chi connectivity index (χ4v) is 1.71. The second-order valence-electron chi connectivity index (χ2n) is 4.16. The number of anilines is 1. The average molecular weight is 264 g/mol. The first kappa shape index (κ1) is 14.7. The topological polar surface area (TPSA) is 95.5 Å². The Labute approximate surface area is 110 Å². The molecule has 1 rings (SSSR count). The van der Waals surface area contributed by atoms with Crippen LogP contribution in [0.15, 0.2) is 24.3 Å². The van der Waals surface area contributed by atoms with E-state index in [0.717, 1.165) is 0 Å². The number of hydrogen-bond donors (Lipinski definition) is 3. The molecule has 0 bridgehead atoms. The van der Waals surface area contributed by atoms with Crippen molar-refractivity contribution in [3.05, 3.63) is 29.8 Å². The quantitative estimate of drug-likeness (QED) is 0.746. The van der Waals surface area contributed by atoms with Gasteiger partial charge in [0.1, 0.15) is 0 Å². The third kappa shape index (κ3) is 5.20. The van der Waals surface area contributed by atoms with Gasteiger partial charge < -0.3 is 15.7 Å². The number of carboxylic acids is 1. The van der Waals surface area contributed by atoms with Crippen molar-refractivity contribution in [2.24, 2.45) is 0 Å². The molecule has 1 aromatic carbocycles. The van der Waals surface area contributed by atoms with Gasteiger partial charge in [-0.2, -0.15) is 0 Å². The van der Waals surface area contributed by atoms with Crippen LogP contribution in [0.2, 0.25) is 0 Å². The van der Waals surface area contributed by atoms with E-state index in [1.54, 1.807) is 24.3 Å². The number of rotatable bonds is 5. The lowest BCUT2D eigenvalue weighted by atomic mass is 10.0. The molecule has 0 saturated heterocycles. The van der Waals surface area contributed by atoms with Gasteiger partial charge in [-0.25, -0.2) is 0 Å². The summed E-state index contributed by atoms with van der Waals surface area (Å²) in [5.41, 5.74) is 1.19. The molecule has 3 N–H and O–H groups in total. The van der Waals surface area contributed by atoms with E-state index in [1.807, 2.05) is 0 Å². The third-order valence-electron chi connectivity index (χ3n) is 2.37. The van der Waals surface area contributed by atoms with Crippen LogP contribution >= 0.6 is 0 Å². The molecule has 0 saturated carbocycles. The monoisotopic (exact) mass is 264 g/mol. The van der Waals surface area contributed by atoms with E-state index in [0.29, 0.717) is 11.3 Å². The minimum Gasteiger partial charge on any atom is -0.481 e. The van der Waals surface area contributed by atoms with Crippen molar-refractivity contribution in [2.75, 3.05) is 5.32 Å². The normalized spacial score (nSPS) is 11.5. The molecule has 0 aromatic heterocycles. The molecule has 1 aromatic rings. The minimum absolute atomic E-state index is 0.216. The lowest BCUT2D eigenvalue weighted by Gasteiger charge is -2.17. The van der Waals surface area contributed by atoms with E-state index < -0.39 is 12.0 Å². The number of carbonyl (C=O) groups excluding carboxylic acids is 2. The number of aliphatic carboxylic acids is 1. The zero-order valence-corrected chi connectivity index (χ0v) is 10.8. The number of nitrogens with one attached hydrogen (secondary N) is 2. The zero-order chi connectivity index (χ0) is 14.4. The van der Waals surface area contributed by atoms with Gasteiger partial charge >= 0.3 is 5.97 Å². The molecular formula is C13H16N2O4. The van der Waals surface area contributed by atoms with E-state index in [2.05, 4.69) is 10.6 Å². The molecule has 0 fully saturated rings. The molecule has 0 aliphatic rings. The SMILES string of the molecule is CC(=O)Nc1cccc(C(CC(=O)O)NC(C)=O)c1. The number of amides is 2. The minimum atomic E-state index is -1.01. The predicted octanol–water partition coefficient (Wildman–Crippen LogP) is 1.30. The first-order chi connectivity index (χ1) is 8.88. The highest BCUT2D eigenvalue weighted by Crippen LogP contribution is 2.20. The molecule has 1 atom stereocenters. The Morgan fingerprint density at radius 2 is 1.89 bits per heavy atom. The van der Waals surface area contributed by atoms with Crippen LogP contribution in [0.25, 0.3) is 0 Å². The molecular weight excluding hydrogens is 248 g/mol. The largest absolute Gasteiger partial charge is 0.481 e. The number of benzene rings is 1. The number of carbonyl (C=O) groups is 3. The van der Waals surface area contributed by atoms with Crippen molar-refractivity contribution in [2.45, 2.75) is 26.3 Å². The van der Waals surface area contributed by atoms with Gasteiger partial charge in [-0.1, -0.05) is 12.1 Å². The molecule has 1 unspecified atom stereocenters. The van der Waals surface area contributed by atoms with Crippen LogP contribution in [0.3, 0.4) is 0 Å². The fraction of sp³-hybridized carbons (Fsp3) is 0.308. The smallest absolute Gasteiger partial charge is 0.305 e. The van der Waals surface area contributed by atoms with Crippen LogP contribution in [-0.2, 0) is 14.4 Å². The van der Waals surface area contributed by atoms with Gasteiger partial charge in [0.25, 0.3) is 0 Å². The number of hydrogen-bond acceptors (Lipinski definition) is 3. The maximum atomic E-state index is 11.1. The molecule has 0 heterocycles. The summed E-state index contributed by atoms with van der Waals surface area (Å²) in [5.74, 6) is -1.54. The summed E-state index contributed by atoms with van der Waals surface area (Å²) < 4.78 is 0. The predicted molar refractivity (Wildman–Crippen MR) is 69.6 cm³/mol. The van der Waals surface area contributed by atoms with Crippen LogP contribution < -0.4 is 10.6 Å². The molecule has 6 heteroatoms. The summed E-state index contributed by atoms with van der Waals surface area (Å²) in [5, 5.41) is 14.0. The van der Waals surface area contributed by atoms with Crippen molar-refractivity contribution in [1.29, 1.82) is 0 Å². The molecule has 0 radical (unpaired) electrons. The lowest BCUT2D eigenvalue weighted by molar-refractivity contribution is -0.137. The van der Waals surface area contributed by atoms with E-state index in [1.165, 1.54) is 13.8 Å². The molecule has 2 amide bonds. The van der Waals surface area contributed by atoms with Crippen molar-refractivity contribution in [1.82, 2.24) is 5.32 Å². The fourth-order valence-electron chi connectivity index (χ4n) is 1.71. The third-order valence-corrected chi connectivity index (χ3v) is 2.37. The van der Waals surface area contributed by atoms with Crippen molar-refractivity contribution >= 4 is 23.5 Å². The Kier molecular flexibility index (Phi) is 5.05. The Balaban J connectivity index is 2.97. The van der Waals surface area contributed by atoms with Crippen LogP contribution in [0, 0.1) is 0 Å². The Morgan fingerprint density at radius 3 is 2.42 bits per heavy atom. The van der Waals surface area contributed by atoms with Crippen molar-refractivity contribution < 1.29 is 19.5 Å². The average Bonchev–Trinajstić information content (AvgIpc) is 2.26. The highest BCUT2D eigenvalue weighted by molar-refractivity contribution is 5.88. The maximum Gasteiger partial charge on any atom is 0.305 e. The van der Waals surface area contributed by atoms with Gasteiger partial charge in [0.15, 0.2) is 0 Å². The molecule has 6 nitrogen and oxygen atoms in total. The van der Waals surface area contributed by atoms with Gasteiger partial charge in [-0.15, -0.1) is 0 Å². The van der Waals surface area contributed by atoms with Crippen molar-refractivity contribution in [3.8, 4) is 0 Å². The van der Waals surface area contributed by atoms with Gasteiger partial charge in [0.05, 0.1) is 12.5 Å². The summed E-state index contributed by atoms with van der Waals surface area (Å²) in [6, 6.07) is 6.11. The number of carboxylic acid groups (broad SMARTS) is 1. The van der Waals surface area contributed by atoms with Gasteiger partial charge in [0, 0.05) is 19.5 Å². The molecule has 0 spiro atoms. The van der Waals surface area contributed by atoms with Gasteiger partial charge in [-0.05, 0) is 17.7 Å². The zero-order valence-electron chi connectivity index (χ0n) is 10.8. The summed E-state index contributed by atoms with van der Waals surface area (Å²) in [6.45, 7) is 2.71. The van der Waals surface area contributed by atoms with Crippen LogP contribution in [0.1, 0.15) is 31.9 Å². The van der Waals surface area contributed by atoms with E-state index in [-0.39, 0.29) is 18.2 Å². The summed E-state index contributed by atoms with van der Waals surface area (Å²) in [7, 11) is 0. The summed E-state index contributed by atoms with van der Waals surface area (Å²) in [6.07, 6.45) is -0.219. The van der Waals surface area contributed by atoms with Crippen LogP contribution in [-0.4, -0.2) is 22.9 Å². The second-order valence-corrected chi connectivity index (χ2v) is 4.16. The molecule has 0 aliphatic carbocycles. The highest BCUT2D eigenvalue weighted by Gasteiger charge is 2.16. The molecule has 19 heavy (non-hydrogen) atoms. The summed E-state index contributed by atoms with van der Waals surface area (Å²) in [4.78, 5) is 32.9. The van der Waals surface area contributed by atoms with Gasteiger partial charge in [0.2, 0.25) is 11.8 Å². The molecule has 102 valence electrons. The summed E-state index contributed by atoms with van der Waals surface area (Å²) >= 11 is 0. The second kappa shape index (κ2) is 6.53. The van der Waals surface area contributed by atoms with E-state index in [4.69, 9.17) is 5.11 Å². The highest BCUT2D eigenvalue weighted by atomic mass is 16.4. The Bertz CT molecular complexity index is 483. The first-order valence-electron chi connectivity index (χ1n) is 5.75. The van der Waals surface area contributed by atoms with Gasteiger partial charge in [-0.3, -0.25) is 14.4 Å². The lowest BCUT2D eigenvalue weighted by Crippen LogP contribution is -2.28. The van der Waals surface area contributed by atoms with Crippen LogP contribution in [0.5, 0.6) is 0 Å². The van der Waals surface area contributed by atoms with Crippen molar-refractivity contribution in [3.63, 3.8) is 0 Å². The van der Waals surface area contributed by atoms with E-state index >= 15 is 0 Å².